The molecule has 2 heterocycles. The van der Waals surface area contributed by atoms with Crippen LogP contribution in [0.15, 0.2) is 73.1 Å². The molecular formula is C23H27N5. The van der Waals surface area contributed by atoms with Crippen LogP contribution in [0.4, 0.5) is 11.6 Å². The van der Waals surface area contributed by atoms with Crippen LogP contribution in [0.1, 0.15) is 11.1 Å². The van der Waals surface area contributed by atoms with E-state index in [9.17, 15) is 0 Å². The number of hydrogen-bond acceptors (Lipinski definition) is 5. The van der Waals surface area contributed by atoms with Crippen LogP contribution < -0.4 is 9.80 Å². The van der Waals surface area contributed by atoms with Gasteiger partial charge in [0.25, 0.3) is 0 Å². The van der Waals surface area contributed by atoms with Crippen molar-refractivity contribution in [3.63, 3.8) is 0 Å². The molecule has 0 atom stereocenters. The lowest BCUT2D eigenvalue weighted by Gasteiger charge is -2.35. The lowest BCUT2D eigenvalue weighted by molar-refractivity contribution is 0.249. The summed E-state index contributed by atoms with van der Waals surface area (Å²) in [7, 11) is 2.08. The number of anilines is 2. The van der Waals surface area contributed by atoms with Gasteiger partial charge in [-0.1, -0.05) is 60.7 Å². The molecule has 5 nitrogen and oxygen atoms in total. The Morgan fingerprint density at radius 1 is 0.821 bits per heavy atom. The van der Waals surface area contributed by atoms with Crippen LogP contribution in [0, 0.1) is 0 Å². The zero-order valence-corrected chi connectivity index (χ0v) is 16.4. The fourth-order valence-corrected chi connectivity index (χ4v) is 3.63. The summed E-state index contributed by atoms with van der Waals surface area (Å²) in [6.45, 7) is 5.94. The second-order valence-corrected chi connectivity index (χ2v) is 7.32. The molecule has 144 valence electrons. The largest absolute Gasteiger partial charge is 0.355 e. The van der Waals surface area contributed by atoms with Crippen molar-refractivity contribution >= 4 is 11.6 Å². The van der Waals surface area contributed by atoms with Gasteiger partial charge in [-0.2, -0.15) is 0 Å². The summed E-state index contributed by atoms with van der Waals surface area (Å²) in [6.07, 6.45) is 1.68. The van der Waals surface area contributed by atoms with Gasteiger partial charge in [-0.3, -0.25) is 4.90 Å². The molecule has 1 aliphatic rings. The Kier molecular flexibility index (Phi) is 5.83. The summed E-state index contributed by atoms with van der Waals surface area (Å²) in [4.78, 5) is 16.1. The molecule has 5 heteroatoms. The van der Waals surface area contributed by atoms with Crippen LogP contribution >= 0.6 is 0 Å². The third-order valence-electron chi connectivity index (χ3n) is 5.24. The molecule has 0 unspecified atom stereocenters. The molecule has 0 radical (unpaired) electrons. The Morgan fingerprint density at radius 2 is 1.46 bits per heavy atom. The van der Waals surface area contributed by atoms with E-state index in [-0.39, 0.29) is 0 Å². The monoisotopic (exact) mass is 373 g/mol. The van der Waals surface area contributed by atoms with Crippen molar-refractivity contribution in [2.45, 2.75) is 13.1 Å². The van der Waals surface area contributed by atoms with Crippen molar-refractivity contribution in [3.8, 4) is 0 Å². The maximum atomic E-state index is 4.53. The number of nitrogens with zero attached hydrogens (tertiary/aromatic N) is 5. The first-order valence-corrected chi connectivity index (χ1v) is 9.86. The number of hydrogen-bond donors (Lipinski definition) is 0. The lowest BCUT2D eigenvalue weighted by atomic mass is 10.2. The van der Waals surface area contributed by atoms with E-state index in [0.717, 1.165) is 50.9 Å². The number of aromatic nitrogens is 2. The molecule has 0 spiro atoms. The summed E-state index contributed by atoms with van der Waals surface area (Å²) in [5, 5.41) is 0. The van der Waals surface area contributed by atoms with Crippen molar-refractivity contribution in [2.24, 2.45) is 0 Å². The van der Waals surface area contributed by atoms with Gasteiger partial charge in [0, 0.05) is 52.4 Å². The molecule has 4 rings (SSSR count). The van der Waals surface area contributed by atoms with E-state index in [4.69, 9.17) is 0 Å². The predicted octanol–water partition coefficient (Wildman–Crippen LogP) is 3.44. The second kappa shape index (κ2) is 8.85. The third-order valence-corrected chi connectivity index (χ3v) is 5.24. The summed E-state index contributed by atoms with van der Waals surface area (Å²) >= 11 is 0. The van der Waals surface area contributed by atoms with Crippen LogP contribution in [0.2, 0.25) is 0 Å². The molecule has 1 aliphatic heterocycles. The first kappa shape index (κ1) is 18.4. The highest BCUT2D eigenvalue weighted by Crippen LogP contribution is 2.20. The van der Waals surface area contributed by atoms with E-state index in [1.165, 1.54) is 11.1 Å². The van der Waals surface area contributed by atoms with Gasteiger partial charge in [0.05, 0.1) is 0 Å². The van der Waals surface area contributed by atoms with E-state index in [0.29, 0.717) is 0 Å². The van der Waals surface area contributed by atoms with Gasteiger partial charge in [-0.05, 0) is 11.1 Å². The van der Waals surface area contributed by atoms with Crippen LogP contribution in [-0.4, -0.2) is 48.1 Å². The van der Waals surface area contributed by atoms with Crippen molar-refractivity contribution in [3.05, 3.63) is 84.2 Å². The molecule has 0 amide bonds. The SMILES string of the molecule is CN(Cc1ccccc1)c1cc(N2CCN(Cc3ccccc3)CC2)ncn1. The van der Waals surface area contributed by atoms with Gasteiger partial charge < -0.3 is 9.80 Å². The quantitative estimate of drug-likeness (QED) is 0.661. The number of benzene rings is 2. The van der Waals surface area contributed by atoms with Crippen molar-refractivity contribution < 1.29 is 0 Å². The molecule has 3 aromatic rings. The Bertz CT molecular complexity index is 860. The molecule has 0 N–H and O–H groups in total. The minimum absolute atomic E-state index is 0.835. The first-order chi connectivity index (χ1) is 13.8. The van der Waals surface area contributed by atoms with E-state index in [1.807, 2.05) is 6.07 Å². The molecule has 28 heavy (non-hydrogen) atoms. The zero-order valence-electron chi connectivity index (χ0n) is 16.4. The average Bonchev–Trinajstić information content (AvgIpc) is 2.76. The Hall–Kier alpha value is -2.92. The summed E-state index contributed by atoms with van der Waals surface area (Å²) in [5.41, 5.74) is 2.66. The molecule has 1 aromatic heterocycles. The maximum absolute atomic E-state index is 4.53. The number of piperazine rings is 1. The zero-order chi connectivity index (χ0) is 19.2. The Labute approximate surface area is 167 Å². The van der Waals surface area contributed by atoms with E-state index in [2.05, 4.69) is 92.4 Å². The molecule has 1 saturated heterocycles. The van der Waals surface area contributed by atoms with Crippen molar-refractivity contribution in [1.82, 2.24) is 14.9 Å². The molecule has 2 aromatic carbocycles. The molecule has 0 aliphatic carbocycles. The topological polar surface area (TPSA) is 35.5 Å². The maximum Gasteiger partial charge on any atom is 0.134 e. The number of rotatable bonds is 6. The normalized spacial score (nSPS) is 14.8. The van der Waals surface area contributed by atoms with Gasteiger partial charge >= 0.3 is 0 Å². The predicted molar refractivity (Wildman–Crippen MR) is 115 cm³/mol. The average molecular weight is 374 g/mol. The molecule has 1 fully saturated rings. The fraction of sp³-hybridized carbons (Fsp3) is 0.304. The summed E-state index contributed by atoms with van der Waals surface area (Å²) < 4.78 is 0. The van der Waals surface area contributed by atoms with Gasteiger partial charge in [0.1, 0.15) is 18.0 Å². The van der Waals surface area contributed by atoms with Gasteiger partial charge in [-0.15, -0.1) is 0 Å². The van der Waals surface area contributed by atoms with E-state index in [1.54, 1.807) is 6.33 Å². The van der Waals surface area contributed by atoms with Crippen molar-refractivity contribution in [2.75, 3.05) is 43.0 Å². The lowest BCUT2D eigenvalue weighted by Crippen LogP contribution is -2.46. The molecule has 0 bridgehead atoms. The van der Waals surface area contributed by atoms with Crippen LogP contribution in [0.5, 0.6) is 0 Å². The summed E-state index contributed by atoms with van der Waals surface area (Å²) in [5.74, 6) is 1.98. The molecular weight excluding hydrogens is 346 g/mol. The van der Waals surface area contributed by atoms with Crippen LogP contribution in [0.3, 0.4) is 0 Å². The summed E-state index contributed by atoms with van der Waals surface area (Å²) in [6, 6.07) is 23.3. The van der Waals surface area contributed by atoms with Gasteiger partial charge in [0.15, 0.2) is 0 Å². The second-order valence-electron chi connectivity index (χ2n) is 7.32. The smallest absolute Gasteiger partial charge is 0.134 e. The van der Waals surface area contributed by atoms with Crippen LogP contribution in [-0.2, 0) is 13.1 Å². The highest BCUT2D eigenvalue weighted by atomic mass is 15.3. The van der Waals surface area contributed by atoms with Gasteiger partial charge in [-0.25, -0.2) is 9.97 Å². The fourth-order valence-electron chi connectivity index (χ4n) is 3.63. The minimum atomic E-state index is 0.835. The third kappa shape index (κ3) is 4.67. The Morgan fingerprint density at radius 3 is 2.14 bits per heavy atom. The first-order valence-electron chi connectivity index (χ1n) is 9.86. The Balaban J connectivity index is 1.36. The van der Waals surface area contributed by atoms with Gasteiger partial charge in [0.2, 0.25) is 0 Å². The highest BCUT2D eigenvalue weighted by molar-refractivity contribution is 5.50. The van der Waals surface area contributed by atoms with E-state index < -0.39 is 0 Å². The standard InChI is InChI=1S/C23H27N5/c1-26(17-20-8-4-2-5-9-20)22-16-23(25-19-24-22)28-14-12-27(13-15-28)18-21-10-6-3-7-11-21/h2-11,16,19H,12-15,17-18H2,1H3. The minimum Gasteiger partial charge on any atom is -0.355 e. The highest BCUT2D eigenvalue weighted by Gasteiger charge is 2.19. The van der Waals surface area contributed by atoms with E-state index >= 15 is 0 Å². The molecule has 0 saturated carbocycles. The van der Waals surface area contributed by atoms with Crippen LogP contribution in [0.25, 0.3) is 0 Å². The van der Waals surface area contributed by atoms with Crippen molar-refractivity contribution in [1.29, 1.82) is 0 Å².